The number of alkyl halides is 3. The number of fused-ring (bicyclic) bond motifs is 1. The molecule has 2 aromatic rings. The van der Waals surface area contributed by atoms with Gasteiger partial charge in [0, 0.05) is 19.6 Å². The van der Waals surface area contributed by atoms with Gasteiger partial charge in [-0.3, -0.25) is 13.9 Å². The van der Waals surface area contributed by atoms with E-state index in [1.165, 1.54) is 11.6 Å². The summed E-state index contributed by atoms with van der Waals surface area (Å²) in [4.78, 5) is 24.6. The molecular formula is C14H16F3N3O2. The first-order valence-electron chi connectivity index (χ1n) is 6.65. The molecule has 2 rings (SSSR count). The molecule has 22 heavy (non-hydrogen) atoms. The van der Waals surface area contributed by atoms with Gasteiger partial charge in [0.2, 0.25) is 0 Å². The summed E-state index contributed by atoms with van der Waals surface area (Å²) >= 11 is 0. The molecule has 1 unspecified atom stereocenters. The zero-order valence-corrected chi connectivity index (χ0v) is 12.4. The van der Waals surface area contributed by atoms with Gasteiger partial charge in [-0.25, -0.2) is 4.79 Å². The van der Waals surface area contributed by atoms with E-state index in [1.54, 1.807) is 14.0 Å². The summed E-state index contributed by atoms with van der Waals surface area (Å²) in [6.07, 6.45) is -4.54. The molecule has 0 bridgehead atoms. The third kappa shape index (κ3) is 2.78. The predicted molar refractivity (Wildman–Crippen MR) is 77.0 cm³/mol. The van der Waals surface area contributed by atoms with Gasteiger partial charge in [-0.05, 0) is 32.2 Å². The Morgan fingerprint density at radius 3 is 2.45 bits per heavy atom. The number of aryl methyl sites for hydroxylation is 1. The van der Waals surface area contributed by atoms with Crippen molar-refractivity contribution in [1.29, 1.82) is 0 Å². The van der Waals surface area contributed by atoms with Gasteiger partial charge in [0.1, 0.15) is 0 Å². The van der Waals surface area contributed by atoms with E-state index in [0.717, 1.165) is 22.8 Å². The second kappa shape index (κ2) is 5.60. The normalized spacial score (nSPS) is 13.5. The summed E-state index contributed by atoms with van der Waals surface area (Å²) in [6, 6.07) is 2.63. The van der Waals surface area contributed by atoms with Crippen LogP contribution in [0.5, 0.6) is 0 Å². The first-order valence-corrected chi connectivity index (χ1v) is 6.65. The monoisotopic (exact) mass is 315 g/mol. The molecule has 0 saturated heterocycles. The Bertz CT molecular complexity index is 821. The lowest BCUT2D eigenvalue weighted by Gasteiger charge is -2.15. The molecule has 120 valence electrons. The highest BCUT2D eigenvalue weighted by Gasteiger charge is 2.31. The van der Waals surface area contributed by atoms with Crippen molar-refractivity contribution in [3.8, 4) is 0 Å². The number of aromatic nitrogens is 2. The summed E-state index contributed by atoms with van der Waals surface area (Å²) < 4.78 is 40.5. The van der Waals surface area contributed by atoms with Crippen molar-refractivity contribution in [2.24, 2.45) is 7.05 Å². The molecule has 0 aliphatic rings. The Labute approximate surface area is 124 Å². The number of benzene rings is 1. The molecular weight excluding hydrogens is 299 g/mol. The largest absolute Gasteiger partial charge is 0.416 e. The number of rotatable bonds is 3. The molecule has 5 nitrogen and oxygen atoms in total. The smallest absolute Gasteiger partial charge is 0.315 e. The lowest BCUT2D eigenvalue weighted by molar-refractivity contribution is -0.137. The molecule has 1 atom stereocenters. The van der Waals surface area contributed by atoms with Gasteiger partial charge >= 0.3 is 11.9 Å². The van der Waals surface area contributed by atoms with Gasteiger partial charge < -0.3 is 5.32 Å². The van der Waals surface area contributed by atoms with E-state index in [0.29, 0.717) is 0 Å². The van der Waals surface area contributed by atoms with Gasteiger partial charge in [-0.1, -0.05) is 0 Å². The highest BCUT2D eigenvalue weighted by atomic mass is 19.4. The summed E-state index contributed by atoms with van der Waals surface area (Å²) in [6.45, 7) is 1.84. The van der Waals surface area contributed by atoms with E-state index in [4.69, 9.17) is 0 Å². The molecule has 0 aliphatic heterocycles. The zero-order chi connectivity index (χ0) is 16.7. The molecule has 0 saturated carbocycles. The van der Waals surface area contributed by atoms with Gasteiger partial charge in [0.25, 0.3) is 5.56 Å². The van der Waals surface area contributed by atoms with Crippen LogP contribution in [0.1, 0.15) is 12.5 Å². The average molecular weight is 315 g/mol. The quantitative estimate of drug-likeness (QED) is 0.929. The van der Waals surface area contributed by atoms with Gasteiger partial charge in [-0.2, -0.15) is 13.2 Å². The van der Waals surface area contributed by atoms with E-state index >= 15 is 0 Å². The van der Waals surface area contributed by atoms with Crippen LogP contribution in [0.15, 0.2) is 27.8 Å². The molecule has 0 spiro atoms. The van der Waals surface area contributed by atoms with Crippen molar-refractivity contribution in [3.63, 3.8) is 0 Å². The second-order valence-electron chi connectivity index (χ2n) is 5.18. The van der Waals surface area contributed by atoms with Crippen molar-refractivity contribution in [1.82, 2.24) is 14.5 Å². The van der Waals surface area contributed by atoms with Gasteiger partial charge in [0.05, 0.1) is 16.5 Å². The maximum absolute atomic E-state index is 12.8. The van der Waals surface area contributed by atoms with Crippen LogP contribution in [0.25, 0.3) is 10.9 Å². The van der Waals surface area contributed by atoms with Crippen molar-refractivity contribution < 1.29 is 13.2 Å². The van der Waals surface area contributed by atoms with E-state index in [2.05, 4.69) is 5.32 Å². The van der Waals surface area contributed by atoms with Crippen LogP contribution in [-0.2, 0) is 19.8 Å². The predicted octanol–water partition coefficient (Wildman–Crippen LogP) is 1.33. The Balaban J connectivity index is 2.79. The molecule has 0 fully saturated rings. The third-order valence-corrected chi connectivity index (χ3v) is 3.63. The number of hydrogen-bond acceptors (Lipinski definition) is 3. The lowest BCUT2D eigenvalue weighted by Crippen LogP contribution is -2.43. The standard InChI is InChI=1S/C14H16F3N3O2/c1-8(18-2)7-20-12(21)10-6-9(14(15,16)17)4-5-11(10)19(3)13(20)22/h4-6,8,18H,7H2,1-3H3. The van der Waals surface area contributed by atoms with E-state index in [9.17, 15) is 22.8 Å². The molecule has 1 N–H and O–H groups in total. The van der Waals surface area contributed by atoms with Crippen LogP contribution < -0.4 is 16.6 Å². The van der Waals surface area contributed by atoms with E-state index in [1.807, 2.05) is 0 Å². The topological polar surface area (TPSA) is 56.0 Å². The Morgan fingerprint density at radius 1 is 1.27 bits per heavy atom. The van der Waals surface area contributed by atoms with Crippen molar-refractivity contribution >= 4 is 10.9 Å². The fourth-order valence-electron chi connectivity index (χ4n) is 2.22. The average Bonchev–Trinajstić information content (AvgIpc) is 2.47. The SMILES string of the molecule is CNC(C)Cn1c(=O)c2cc(C(F)(F)F)ccc2n(C)c1=O. The highest BCUT2D eigenvalue weighted by molar-refractivity contribution is 5.78. The first-order chi connectivity index (χ1) is 10.2. The molecule has 0 aliphatic carbocycles. The highest BCUT2D eigenvalue weighted by Crippen LogP contribution is 2.30. The minimum atomic E-state index is -4.54. The maximum Gasteiger partial charge on any atom is 0.416 e. The summed E-state index contributed by atoms with van der Waals surface area (Å²) in [5.74, 6) is 0. The molecule has 0 amide bonds. The fraction of sp³-hybridized carbons (Fsp3) is 0.429. The maximum atomic E-state index is 12.8. The Morgan fingerprint density at radius 2 is 1.91 bits per heavy atom. The third-order valence-electron chi connectivity index (χ3n) is 3.63. The first kappa shape index (κ1) is 16.3. The summed E-state index contributed by atoms with van der Waals surface area (Å²) in [7, 11) is 3.10. The van der Waals surface area contributed by atoms with Crippen LogP contribution in [0.3, 0.4) is 0 Å². The van der Waals surface area contributed by atoms with E-state index < -0.39 is 23.0 Å². The summed E-state index contributed by atoms with van der Waals surface area (Å²) in [5, 5.41) is 2.76. The van der Waals surface area contributed by atoms with Crippen LogP contribution in [0.2, 0.25) is 0 Å². The van der Waals surface area contributed by atoms with Gasteiger partial charge in [0.15, 0.2) is 0 Å². The lowest BCUT2D eigenvalue weighted by atomic mass is 10.1. The molecule has 8 heteroatoms. The van der Waals surface area contributed by atoms with E-state index in [-0.39, 0.29) is 23.5 Å². The number of nitrogens with zero attached hydrogens (tertiary/aromatic N) is 2. The fourth-order valence-corrected chi connectivity index (χ4v) is 2.22. The Hall–Kier alpha value is -2.09. The summed E-state index contributed by atoms with van der Waals surface area (Å²) in [5.41, 5.74) is -2.01. The number of nitrogens with one attached hydrogen (secondary N) is 1. The molecule has 1 aromatic heterocycles. The second-order valence-corrected chi connectivity index (χ2v) is 5.18. The van der Waals surface area contributed by atoms with Crippen molar-refractivity contribution in [2.75, 3.05) is 7.05 Å². The number of hydrogen-bond donors (Lipinski definition) is 1. The van der Waals surface area contributed by atoms with Crippen LogP contribution in [0, 0.1) is 0 Å². The number of halogens is 3. The van der Waals surface area contributed by atoms with Crippen LogP contribution in [-0.4, -0.2) is 22.2 Å². The molecule has 0 radical (unpaired) electrons. The molecule has 1 heterocycles. The molecule has 1 aromatic carbocycles. The van der Waals surface area contributed by atoms with Crippen molar-refractivity contribution in [3.05, 3.63) is 44.6 Å². The number of likely N-dealkylation sites (N-methyl/N-ethyl adjacent to an activating group) is 1. The van der Waals surface area contributed by atoms with Crippen LogP contribution in [0.4, 0.5) is 13.2 Å². The van der Waals surface area contributed by atoms with Gasteiger partial charge in [-0.15, -0.1) is 0 Å². The minimum Gasteiger partial charge on any atom is -0.315 e. The van der Waals surface area contributed by atoms with Crippen LogP contribution >= 0.6 is 0 Å². The minimum absolute atomic E-state index is 0.0776. The zero-order valence-electron chi connectivity index (χ0n) is 12.4. The Kier molecular flexibility index (Phi) is 4.15. The van der Waals surface area contributed by atoms with Crippen molar-refractivity contribution in [2.45, 2.75) is 25.7 Å².